The number of hydrogen-bond acceptors (Lipinski definition) is 4. The van der Waals surface area contributed by atoms with E-state index in [0.29, 0.717) is 17.7 Å². The SMILES string of the molecule is CCCCCCCCCCCCCc1cccc(Oc2ccc([O-])cc2)c1S(=O)(=O)O.[Na+]. The fourth-order valence-electron chi connectivity index (χ4n) is 3.75. The molecule has 0 saturated heterocycles. The predicted molar refractivity (Wildman–Crippen MR) is 122 cm³/mol. The molecule has 2 aromatic rings. The summed E-state index contributed by atoms with van der Waals surface area (Å²) in [6, 6.07) is 10.6. The standard InChI is InChI=1S/C25H36O5S.Na/c1-2-3-4-5-6-7-8-9-10-11-12-14-21-15-13-16-24(25(21)31(27,28)29)30-23-19-17-22(26)18-20-23;/h13,15-20,26H,2-12,14H2,1H3,(H,27,28,29);/q;+1/p-1. The van der Waals surface area contributed by atoms with E-state index in [1.165, 1.54) is 81.7 Å². The van der Waals surface area contributed by atoms with Crippen LogP contribution in [0.25, 0.3) is 0 Å². The molecule has 32 heavy (non-hydrogen) atoms. The number of rotatable bonds is 15. The van der Waals surface area contributed by atoms with Crippen molar-refractivity contribution in [1.29, 1.82) is 0 Å². The summed E-state index contributed by atoms with van der Waals surface area (Å²) < 4.78 is 39.5. The van der Waals surface area contributed by atoms with Gasteiger partial charge < -0.3 is 9.84 Å². The molecule has 0 fully saturated rings. The maximum absolute atomic E-state index is 12.0. The van der Waals surface area contributed by atoms with Crippen molar-refractivity contribution in [2.45, 2.75) is 88.9 Å². The Morgan fingerprint density at radius 2 is 1.34 bits per heavy atom. The molecule has 0 aliphatic carbocycles. The molecular formula is C25H35NaO5S. The van der Waals surface area contributed by atoms with Crippen molar-refractivity contribution in [1.82, 2.24) is 0 Å². The normalized spacial score (nSPS) is 11.2. The van der Waals surface area contributed by atoms with Gasteiger partial charge in [0.1, 0.15) is 16.4 Å². The minimum absolute atomic E-state index is 0. The minimum atomic E-state index is -4.44. The van der Waals surface area contributed by atoms with Crippen molar-refractivity contribution < 1.29 is 52.4 Å². The van der Waals surface area contributed by atoms with Gasteiger partial charge in [-0.25, -0.2) is 0 Å². The second-order valence-electron chi connectivity index (χ2n) is 8.08. The van der Waals surface area contributed by atoms with Gasteiger partial charge in [-0.05, 0) is 36.6 Å². The van der Waals surface area contributed by atoms with E-state index < -0.39 is 10.1 Å². The first-order valence-electron chi connectivity index (χ1n) is 11.5. The molecule has 2 aromatic carbocycles. The zero-order valence-corrected chi connectivity index (χ0v) is 22.3. The Hall–Kier alpha value is -1.05. The van der Waals surface area contributed by atoms with E-state index in [2.05, 4.69) is 6.92 Å². The summed E-state index contributed by atoms with van der Waals surface area (Å²) in [5, 5.41) is 11.2. The average Bonchev–Trinajstić information content (AvgIpc) is 2.73. The van der Waals surface area contributed by atoms with E-state index in [0.717, 1.165) is 19.3 Å². The molecule has 0 bridgehead atoms. The molecule has 0 saturated carbocycles. The van der Waals surface area contributed by atoms with Crippen LogP contribution in [0.4, 0.5) is 0 Å². The van der Waals surface area contributed by atoms with E-state index in [-0.39, 0.29) is 46.0 Å². The number of hydrogen-bond donors (Lipinski definition) is 1. The number of benzene rings is 2. The summed E-state index contributed by atoms with van der Waals surface area (Å²) in [7, 11) is -4.44. The summed E-state index contributed by atoms with van der Waals surface area (Å²) in [6.07, 6.45) is 14.0. The van der Waals surface area contributed by atoms with Crippen molar-refractivity contribution in [3.63, 3.8) is 0 Å². The van der Waals surface area contributed by atoms with Crippen LogP contribution in [-0.2, 0) is 16.5 Å². The summed E-state index contributed by atoms with van der Waals surface area (Å²) in [4.78, 5) is -0.187. The third kappa shape index (κ3) is 10.7. The molecule has 1 N–H and O–H groups in total. The summed E-state index contributed by atoms with van der Waals surface area (Å²) >= 11 is 0. The van der Waals surface area contributed by atoms with Crippen LogP contribution < -0.4 is 39.4 Å². The molecule has 172 valence electrons. The van der Waals surface area contributed by atoms with Gasteiger partial charge in [0.25, 0.3) is 10.1 Å². The molecule has 0 spiro atoms. The van der Waals surface area contributed by atoms with E-state index in [1.54, 1.807) is 12.1 Å². The van der Waals surface area contributed by atoms with Gasteiger partial charge in [0.2, 0.25) is 0 Å². The maximum atomic E-state index is 12.0. The Balaban J connectivity index is 0.00000512. The van der Waals surface area contributed by atoms with Gasteiger partial charge in [0.05, 0.1) is 0 Å². The van der Waals surface area contributed by atoms with E-state index in [4.69, 9.17) is 4.74 Å². The monoisotopic (exact) mass is 470 g/mol. The largest absolute Gasteiger partial charge is 1.00 e. The van der Waals surface area contributed by atoms with Crippen LogP contribution in [0.15, 0.2) is 47.4 Å². The van der Waals surface area contributed by atoms with Crippen LogP contribution in [-0.4, -0.2) is 13.0 Å². The summed E-state index contributed by atoms with van der Waals surface area (Å²) in [5.74, 6) is 0.255. The van der Waals surface area contributed by atoms with Crippen LogP contribution in [0.2, 0.25) is 0 Å². The topological polar surface area (TPSA) is 86.7 Å². The predicted octanol–water partition coefficient (Wildman–Crippen LogP) is 3.66. The third-order valence-electron chi connectivity index (χ3n) is 5.42. The van der Waals surface area contributed by atoms with Crippen LogP contribution >= 0.6 is 0 Å². The Morgan fingerprint density at radius 3 is 1.88 bits per heavy atom. The molecule has 7 heteroatoms. The Morgan fingerprint density at radius 1 is 0.812 bits per heavy atom. The average molecular weight is 471 g/mol. The molecule has 0 radical (unpaired) electrons. The van der Waals surface area contributed by atoms with E-state index in [1.807, 2.05) is 0 Å². The molecule has 0 aromatic heterocycles. The van der Waals surface area contributed by atoms with Crippen LogP contribution in [0.3, 0.4) is 0 Å². The third-order valence-corrected chi connectivity index (χ3v) is 6.40. The number of unbranched alkanes of at least 4 members (excludes halogenated alkanes) is 10. The van der Waals surface area contributed by atoms with Crippen molar-refractivity contribution in [3.8, 4) is 17.2 Å². The van der Waals surface area contributed by atoms with Gasteiger partial charge >= 0.3 is 29.6 Å². The number of ether oxygens (including phenoxy) is 1. The second-order valence-corrected chi connectivity index (χ2v) is 9.44. The fraction of sp³-hybridized carbons (Fsp3) is 0.520. The van der Waals surface area contributed by atoms with E-state index in [9.17, 15) is 18.1 Å². The van der Waals surface area contributed by atoms with Gasteiger partial charge in [-0.1, -0.05) is 95.4 Å². The zero-order valence-electron chi connectivity index (χ0n) is 19.5. The van der Waals surface area contributed by atoms with Crippen LogP contribution in [0.5, 0.6) is 17.2 Å². The van der Waals surface area contributed by atoms with Gasteiger partial charge in [-0.3, -0.25) is 4.55 Å². The van der Waals surface area contributed by atoms with Crippen molar-refractivity contribution in [2.24, 2.45) is 0 Å². The first kappa shape index (κ1) is 29.0. The molecule has 0 unspecified atom stereocenters. The van der Waals surface area contributed by atoms with Crippen molar-refractivity contribution >= 4 is 10.1 Å². The van der Waals surface area contributed by atoms with Gasteiger partial charge in [0.15, 0.2) is 0 Å². The van der Waals surface area contributed by atoms with Crippen LogP contribution in [0.1, 0.15) is 83.1 Å². The van der Waals surface area contributed by atoms with Gasteiger partial charge in [-0.2, -0.15) is 8.42 Å². The molecule has 2 rings (SSSR count). The minimum Gasteiger partial charge on any atom is -0.872 e. The fourth-order valence-corrected chi connectivity index (χ4v) is 4.61. The summed E-state index contributed by atoms with van der Waals surface area (Å²) in [5.41, 5.74) is 0.552. The molecule has 0 atom stereocenters. The van der Waals surface area contributed by atoms with Crippen molar-refractivity contribution in [2.75, 3.05) is 0 Å². The zero-order chi connectivity index (χ0) is 22.5. The molecule has 0 aliphatic heterocycles. The Bertz CT molecular complexity index is 882. The molecule has 0 amide bonds. The second kappa shape index (κ2) is 15.7. The summed E-state index contributed by atoms with van der Waals surface area (Å²) in [6.45, 7) is 2.23. The molecule has 0 heterocycles. The first-order chi connectivity index (χ1) is 14.9. The van der Waals surface area contributed by atoms with Gasteiger partial charge in [0, 0.05) is 0 Å². The smallest absolute Gasteiger partial charge is 0.872 e. The van der Waals surface area contributed by atoms with Crippen LogP contribution in [0, 0.1) is 0 Å². The number of aryl methyl sites for hydroxylation is 1. The Kier molecular flexibility index (Phi) is 14.2. The van der Waals surface area contributed by atoms with Crippen molar-refractivity contribution in [3.05, 3.63) is 48.0 Å². The van der Waals surface area contributed by atoms with E-state index >= 15 is 0 Å². The molecular weight excluding hydrogens is 435 g/mol. The first-order valence-corrected chi connectivity index (χ1v) is 12.9. The Labute approximate surface area is 215 Å². The quantitative estimate of drug-likeness (QED) is 0.244. The van der Waals surface area contributed by atoms with Gasteiger partial charge in [-0.15, -0.1) is 5.75 Å². The molecule has 0 aliphatic rings. The maximum Gasteiger partial charge on any atom is 1.00 e. The molecule has 5 nitrogen and oxygen atoms in total.